The van der Waals surface area contributed by atoms with Gasteiger partial charge in [0.15, 0.2) is 0 Å². The molecule has 0 atom stereocenters. The molecule has 0 spiro atoms. The summed E-state index contributed by atoms with van der Waals surface area (Å²) in [4.78, 5) is 0. The lowest BCUT2D eigenvalue weighted by molar-refractivity contribution is 0.514. The molecule has 0 amide bonds. The van der Waals surface area contributed by atoms with Crippen LogP contribution in [-0.4, -0.2) is 16.1 Å². The third-order valence-corrected chi connectivity index (χ3v) is 4.41. The molecule has 0 bridgehead atoms. The first-order chi connectivity index (χ1) is 7.18. The van der Waals surface area contributed by atoms with Gasteiger partial charge in [0.1, 0.15) is 0 Å². The summed E-state index contributed by atoms with van der Waals surface area (Å²) in [7, 11) is 0. The molecule has 1 rings (SSSR count). The Labute approximate surface area is 109 Å². The largest absolute Gasteiger partial charge is 0.123 e. The second-order valence-corrected chi connectivity index (χ2v) is 6.44. The molecule has 3 heteroatoms. The van der Waals surface area contributed by atoms with E-state index in [1.165, 1.54) is 19.3 Å². The first-order valence-electron chi connectivity index (χ1n) is 6.10. The molecule has 1 aliphatic rings. The minimum atomic E-state index is 0.331. The normalized spacial score (nSPS) is 36.6. The maximum absolute atomic E-state index is 6.22. The van der Waals surface area contributed by atoms with Gasteiger partial charge in [0, 0.05) is 16.1 Å². The van der Waals surface area contributed by atoms with Crippen molar-refractivity contribution >= 4 is 34.8 Å². The van der Waals surface area contributed by atoms with Crippen molar-refractivity contribution in [1.82, 2.24) is 0 Å². The summed E-state index contributed by atoms with van der Waals surface area (Å²) < 4.78 is 0. The second kappa shape index (κ2) is 8.03. The van der Waals surface area contributed by atoms with E-state index in [-0.39, 0.29) is 0 Å². The van der Waals surface area contributed by atoms with Crippen LogP contribution in [0, 0.1) is 0 Å². The van der Waals surface area contributed by atoms with Crippen LogP contribution in [0.1, 0.15) is 57.8 Å². The predicted molar refractivity (Wildman–Crippen MR) is 70.5 cm³/mol. The van der Waals surface area contributed by atoms with E-state index in [1.807, 2.05) is 0 Å². The molecule has 0 N–H and O–H groups in total. The van der Waals surface area contributed by atoms with Crippen LogP contribution in [0.4, 0.5) is 0 Å². The topological polar surface area (TPSA) is 0 Å². The first kappa shape index (κ1) is 13.9. The minimum absolute atomic E-state index is 0.331. The predicted octanol–water partition coefficient (Wildman–Crippen LogP) is 5.33. The number of halogens is 3. The quantitative estimate of drug-likeness (QED) is 0.522. The van der Waals surface area contributed by atoms with Gasteiger partial charge in [0.25, 0.3) is 0 Å². The summed E-state index contributed by atoms with van der Waals surface area (Å²) in [5.41, 5.74) is 0. The van der Waals surface area contributed by atoms with Crippen molar-refractivity contribution in [3.05, 3.63) is 0 Å². The highest BCUT2D eigenvalue weighted by atomic mass is 35.5. The van der Waals surface area contributed by atoms with Gasteiger partial charge in [-0.25, -0.2) is 0 Å². The Bertz CT molecular complexity index is 120. The Hall–Kier alpha value is 0.870. The lowest BCUT2D eigenvalue weighted by atomic mass is 10.0. The number of alkyl halides is 3. The van der Waals surface area contributed by atoms with Gasteiger partial charge in [0.2, 0.25) is 0 Å². The third kappa shape index (κ3) is 6.92. The van der Waals surface area contributed by atoms with Crippen LogP contribution in [0.15, 0.2) is 0 Å². The second-order valence-electron chi connectivity index (χ2n) is 4.58. The highest BCUT2D eigenvalue weighted by Gasteiger charge is 2.12. The molecule has 0 aliphatic heterocycles. The van der Waals surface area contributed by atoms with Gasteiger partial charge in [-0.3, -0.25) is 0 Å². The highest BCUT2D eigenvalue weighted by molar-refractivity contribution is 6.21. The fourth-order valence-electron chi connectivity index (χ4n) is 2.12. The summed E-state index contributed by atoms with van der Waals surface area (Å²) in [6, 6.07) is 0. The molecule has 15 heavy (non-hydrogen) atoms. The number of hydrogen-bond acceptors (Lipinski definition) is 0. The van der Waals surface area contributed by atoms with E-state index in [0.29, 0.717) is 16.1 Å². The summed E-state index contributed by atoms with van der Waals surface area (Å²) in [6.45, 7) is 0. The molecule has 0 unspecified atom stereocenters. The van der Waals surface area contributed by atoms with Crippen molar-refractivity contribution in [2.45, 2.75) is 73.9 Å². The summed E-state index contributed by atoms with van der Waals surface area (Å²) in [5, 5.41) is 0.992. The standard InChI is InChI=1S/C12H21Cl3/c13-10-4-1-5-11(14)7-3-9-12(15)8-2-6-10/h10-12H,1-9H2. The molecule has 0 heterocycles. The molecule has 0 aromatic heterocycles. The molecule has 0 saturated heterocycles. The van der Waals surface area contributed by atoms with Gasteiger partial charge >= 0.3 is 0 Å². The Kier molecular flexibility index (Phi) is 7.46. The molecule has 0 radical (unpaired) electrons. The van der Waals surface area contributed by atoms with Crippen molar-refractivity contribution in [3.8, 4) is 0 Å². The van der Waals surface area contributed by atoms with Crippen molar-refractivity contribution in [1.29, 1.82) is 0 Å². The first-order valence-corrected chi connectivity index (χ1v) is 7.41. The van der Waals surface area contributed by atoms with E-state index < -0.39 is 0 Å². The van der Waals surface area contributed by atoms with Crippen LogP contribution >= 0.6 is 34.8 Å². The molecule has 1 saturated carbocycles. The Morgan fingerprint density at radius 1 is 0.467 bits per heavy atom. The smallest absolute Gasteiger partial charge is 0.0336 e. The van der Waals surface area contributed by atoms with Crippen LogP contribution < -0.4 is 0 Å². The van der Waals surface area contributed by atoms with Crippen LogP contribution in [0.2, 0.25) is 0 Å². The van der Waals surface area contributed by atoms with Crippen LogP contribution in [0.3, 0.4) is 0 Å². The zero-order valence-electron chi connectivity index (χ0n) is 9.23. The third-order valence-electron chi connectivity index (χ3n) is 3.10. The Morgan fingerprint density at radius 2 is 0.667 bits per heavy atom. The van der Waals surface area contributed by atoms with Gasteiger partial charge in [0.05, 0.1) is 0 Å². The van der Waals surface area contributed by atoms with Gasteiger partial charge in [-0.15, -0.1) is 34.8 Å². The van der Waals surface area contributed by atoms with E-state index in [4.69, 9.17) is 34.8 Å². The average Bonchev–Trinajstić information content (AvgIpc) is 2.16. The SMILES string of the molecule is ClC1CCCC(Cl)CCCC(Cl)CCC1. The number of rotatable bonds is 0. The van der Waals surface area contributed by atoms with Crippen molar-refractivity contribution in [2.24, 2.45) is 0 Å². The lowest BCUT2D eigenvalue weighted by Crippen LogP contribution is -2.08. The van der Waals surface area contributed by atoms with E-state index >= 15 is 0 Å². The van der Waals surface area contributed by atoms with E-state index in [1.54, 1.807) is 0 Å². The molecule has 0 aromatic rings. The summed E-state index contributed by atoms with van der Waals surface area (Å²) in [5.74, 6) is 0. The maximum Gasteiger partial charge on any atom is 0.0336 e. The van der Waals surface area contributed by atoms with Crippen LogP contribution in [-0.2, 0) is 0 Å². The average molecular weight is 272 g/mol. The number of hydrogen-bond donors (Lipinski definition) is 0. The van der Waals surface area contributed by atoms with Crippen LogP contribution in [0.25, 0.3) is 0 Å². The Balaban J connectivity index is 2.30. The zero-order chi connectivity index (χ0) is 11.1. The summed E-state index contributed by atoms with van der Waals surface area (Å²) in [6.07, 6.45) is 10.2. The van der Waals surface area contributed by atoms with Gasteiger partial charge in [-0.05, 0) is 38.5 Å². The molecular formula is C12H21Cl3. The minimum Gasteiger partial charge on any atom is -0.123 e. The lowest BCUT2D eigenvalue weighted by Gasteiger charge is -2.16. The molecule has 1 fully saturated rings. The zero-order valence-corrected chi connectivity index (χ0v) is 11.5. The molecule has 90 valence electrons. The molecule has 1 aliphatic carbocycles. The van der Waals surface area contributed by atoms with E-state index in [2.05, 4.69) is 0 Å². The maximum atomic E-state index is 6.22. The van der Waals surface area contributed by atoms with E-state index in [9.17, 15) is 0 Å². The van der Waals surface area contributed by atoms with E-state index in [0.717, 1.165) is 38.5 Å². The monoisotopic (exact) mass is 270 g/mol. The summed E-state index contributed by atoms with van der Waals surface area (Å²) >= 11 is 18.7. The fraction of sp³-hybridized carbons (Fsp3) is 1.00. The Morgan fingerprint density at radius 3 is 0.867 bits per heavy atom. The van der Waals surface area contributed by atoms with Crippen molar-refractivity contribution in [3.63, 3.8) is 0 Å². The van der Waals surface area contributed by atoms with Gasteiger partial charge < -0.3 is 0 Å². The molecule has 0 nitrogen and oxygen atoms in total. The van der Waals surface area contributed by atoms with Crippen molar-refractivity contribution < 1.29 is 0 Å². The molecule has 0 aromatic carbocycles. The van der Waals surface area contributed by atoms with Crippen molar-refractivity contribution in [2.75, 3.05) is 0 Å². The van der Waals surface area contributed by atoms with Gasteiger partial charge in [-0.1, -0.05) is 19.3 Å². The van der Waals surface area contributed by atoms with Gasteiger partial charge in [-0.2, -0.15) is 0 Å². The highest BCUT2D eigenvalue weighted by Crippen LogP contribution is 2.24. The molecular weight excluding hydrogens is 250 g/mol. The fourth-order valence-corrected chi connectivity index (χ4v) is 3.04. The van der Waals surface area contributed by atoms with Crippen LogP contribution in [0.5, 0.6) is 0 Å².